The van der Waals surface area contributed by atoms with Crippen molar-refractivity contribution in [2.24, 2.45) is 0 Å². The molecular formula is C19H27N3O2S. The molecule has 1 amide bonds. The van der Waals surface area contributed by atoms with Crippen molar-refractivity contribution in [3.05, 3.63) is 52.5 Å². The summed E-state index contributed by atoms with van der Waals surface area (Å²) in [6, 6.07) is 9.74. The van der Waals surface area contributed by atoms with E-state index in [2.05, 4.69) is 10.3 Å². The molecule has 0 bridgehead atoms. The van der Waals surface area contributed by atoms with Crippen LogP contribution in [0.2, 0.25) is 0 Å². The van der Waals surface area contributed by atoms with Crippen LogP contribution in [0.3, 0.4) is 0 Å². The quantitative estimate of drug-likeness (QED) is 0.759. The van der Waals surface area contributed by atoms with Crippen molar-refractivity contribution in [2.75, 3.05) is 13.1 Å². The molecule has 1 unspecified atom stereocenters. The molecule has 1 heterocycles. The second-order valence-corrected chi connectivity index (χ2v) is 8.02. The fourth-order valence-electron chi connectivity index (χ4n) is 2.62. The largest absolute Gasteiger partial charge is 0.389 e. The number of aromatic nitrogens is 1. The van der Waals surface area contributed by atoms with E-state index in [0.717, 1.165) is 10.6 Å². The number of rotatable bonds is 8. The molecule has 25 heavy (non-hydrogen) atoms. The first kappa shape index (κ1) is 19.6. The molecule has 1 atom stereocenters. The maximum absolute atomic E-state index is 12.7. The first-order chi connectivity index (χ1) is 11.8. The third-order valence-electron chi connectivity index (χ3n) is 3.80. The Morgan fingerprint density at radius 3 is 2.52 bits per heavy atom. The van der Waals surface area contributed by atoms with Crippen LogP contribution in [0, 0.1) is 0 Å². The minimum absolute atomic E-state index is 0.0815. The number of thiazole rings is 1. The third kappa shape index (κ3) is 6.23. The standard InChI is InChI=1S/C19H27N3O2S/c1-14(2)22(13-19(3,4)24)12-16(23)21-17(18-20-10-11-25-18)15-8-6-5-7-9-15/h5-11,14,17,24H,12-13H2,1-4H3,(H,21,23). The van der Waals surface area contributed by atoms with Crippen molar-refractivity contribution < 1.29 is 9.90 Å². The smallest absolute Gasteiger partial charge is 0.235 e. The van der Waals surface area contributed by atoms with E-state index in [1.165, 1.54) is 11.3 Å². The van der Waals surface area contributed by atoms with E-state index in [-0.39, 0.29) is 24.5 Å². The number of aliphatic hydroxyl groups is 1. The second kappa shape index (κ2) is 8.56. The number of hydrogen-bond donors (Lipinski definition) is 2. The number of hydrogen-bond acceptors (Lipinski definition) is 5. The Balaban J connectivity index is 2.12. The van der Waals surface area contributed by atoms with E-state index in [4.69, 9.17) is 0 Å². The maximum Gasteiger partial charge on any atom is 0.235 e. The number of carbonyl (C=O) groups excluding carboxylic acids is 1. The Labute approximate surface area is 153 Å². The molecule has 136 valence electrons. The summed E-state index contributed by atoms with van der Waals surface area (Å²) < 4.78 is 0. The average molecular weight is 362 g/mol. The van der Waals surface area contributed by atoms with Gasteiger partial charge in [-0.25, -0.2) is 4.98 Å². The van der Waals surface area contributed by atoms with Gasteiger partial charge in [0.05, 0.1) is 12.1 Å². The number of benzene rings is 1. The number of carbonyl (C=O) groups is 1. The first-order valence-electron chi connectivity index (χ1n) is 8.46. The van der Waals surface area contributed by atoms with Gasteiger partial charge in [0, 0.05) is 24.2 Å². The van der Waals surface area contributed by atoms with Crippen LogP contribution in [0.5, 0.6) is 0 Å². The summed E-state index contributed by atoms with van der Waals surface area (Å²) in [6.07, 6.45) is 1.75. The summed E-state index contributed by atoms with van der Waals surface area (Å²) in [5.74, 6) is -0.0815. The lowest BCUT2D eigenvalue weighted by molar-refractivity contribution is -0.124. The van der Waals surface area contributed by atoms with Crippen molar-refractivity contribution in [3.8, 4) is 0 Å². The normalized spacial score (nSPS) is 13.2. The lowest BCUT2D eigenvalue weighted by Gasteiger charge is -2.32. The monoisotopic (exact) mass is 361 g/mol. The highest BCUT2D eigenvalue weighted by atomic mass is 32.1. The molecule has 0 aliphatic carbocycles. The predicted molar refractivity (Wildman–Crippen MR) is 102 cm³/mol. The minimum Gasteiger partial charge on any atom is -0.389 e. The summed E-state index contributed by atoms with van der Waals surface area (Å²) in [6.45, 7) is 8.22. The van der Waals surface area contributed by atoms with Gasteiger partial charge >= 0.3 is 0 Å². The summed E-state index contributed by atoms with van der Waals surface area (Å²) in [4.78, 5) is 19.0. The van der Waals surface area contributed by atoms with Crippen LogP contribution in [0.25, 0.3) is 0 Å². The van der Waals surface area contributed by atoms with Crippen LogP contribution < -0.4 is 5.32 Å². The third-order valence-corrected chi connectivity index (χ3v) is 4.64. The van der Waals surface area contributed by atoms with Gasteiger partial charge in [0.2, 0.25) is 5.91 Å². The van der Waals surface area contributed by atoms with E-state index in [1.807, 2.05) is 54.5 Å². The number of nitrogens with zero attached hydrogens (tertiary/aromatic N) is 2. The molecule has 0 spiro atoms. The summed E-state index contributed by atoms with van der Waals surface area (Å²) in [5.41, 5.74) is 0.156. The van der Waals surface area contributed by atoms with E-state index in [9.17, 15) is 9.90 Å². The zero-order chi connectivity index (χ0) is 18.4. The van der Waals surface area contributed by atoms with Crippen LogP contribution in [0.4, 0.5) is 0 Å². The van der Waals surface area contributed by atoms with Crippen molar-refractivity contribution in [3.63, 3.8) is 0 Å². The molecule has 2 rings (SSSR count). The van der Waals surface area contributed by atoms with Gasteiger partial charge in [-0.2, -0.15) is 0 Å². The van der Waals surface area contributed by atoms with Gasteiger partial charge in [0.15, 0.2) is 0 Å². The van der Waals surface area contributed by atoms with E-state index in [0.29, 0.717) is 6.54 Å². The SMILES string of the molecule is CC(C)N(CC(=O)NC(c1ccccc1)c1nccs1)CC(C)(C)O. The van der Waals surface area contributed by atoms with Crippen molar-refractivity contribution in [1.82, 2.24) is 15.2 Å². The van der Waals surface area contributed by atoms with Crippen molar-refractivity contribution in [2.45, 2.75) is 45.4 Å². The van der Waals surface area contributed by atoms with Gasteiger partial charge in [-0.15, -0.1) is 11.3 Å². The topological polar surface area (TPSA) is 65.5 Å². The lowest BCUT2D eigenvalue weighted by atomic mass is 10.1. The molecule has 2 aromatic rings. The van der Waals surface area contributed by atoms with Crippen LogP contribution >= 0.6 is 11.3 Å². The molecule has 0 saturated heterocycles. The highest BCUT2D eigenvalue weighted by Crippen LogP contribution is 2.23. The highest BCUT2D eigenvalue weighted by Gasteiger charge is 2.25. The number of amides is 1. The first-order valence-corrected chi connectivity index (χ1v) is 9.34. The van der Waals surface area contributed by atoms with Crippen LogP contribution in [-0.4, -0.2) is 45.6 Å². The maximum atomic E-state index is 12.7. The fraction of sp³-hybridized carbons (Fsp3) is 0.474. The lowest BCUT2D eigenvalue weighted by Crippen LogP contribution is -2.47. The van der Waals surface area contributed by atoms with Crippen LogP contribution in [0.15, 0.2) is 41.9 Å². The van der Waals surface area contributed by atoms with Crippen molar-refractivity contribution >= 4 is 17.2 Å². The molecular weight excluding hydrogens is 334 g/mol. The summed E-state index contributed by atoms with van der Waals surface area (Å²) in [7, 11) is 0. The zero-order valence-corrected chi connectivity index (χ0v) is 16.1. The van der Waals surface area contributed by atoms with Gasteiger partial charge in [-0.1, -0.05) is 30.3 Å². The molecule has 0 saturated carbocycles. The zero-order valence-electron chi connectivity index (χ0n) is 15.3. The molecule has 6 heteroatoms. The average Bonchev–Trinajstić information content (AvgIpc) is 3.05. The van der Waals surface area contributed by atoms with E-state index < -0.39 is 5.60 Å². The summed E-state index contributed by atoms with van der Waals surface area (Å²) in [5, 5.41) is 15.9. The molecule has 1 aromatic heterocycles. The molecule has 1 aromatic carbocycles. The highest BCUT2D eigenvalue weighted by molar-refractivity contribution is 7.09. The molecule has 0 aliphatic rings. The molecule has 0 fully saturated rings. The molecule has 0 radical (unpaired) electrons. The van der Waals surface area contributed by atoms with Crippen molar-refractivity contribution in [1.29, 1.82) is 0 Å². The van der Waals surface area contributed by atoms with Gasteiger partial charge in [0.25, 0.3) is 0 Å². The Morgan fingerprint density at radius 1 is 1.32 bits per heavy atom. The van der Waals surface area contributed by atoms with Gasteiger partial charge in [-0.05, 0) is 33.3 Å². The van der Waals surface area contributed by atoms with E-state index in [1.54, 1.807) is 20.0 Å². The Kier molecular flexibility index (Phi) is 6.70. The van der Waals surface area contributed by atoms with Gasteiger partial charge < -0.3 is 10.4 Å². The summed E-state index contributed by atoms with van der Waals surface area (Å²) >= 11 is 1.52. The van der Waals surface area contributed by atoms with Crippen LogP contribution in [0.1, 0.15) is 44.3 Å². The Morgan fingerprint density at radius 2 is 2.00 bits per heavy atom. The van der Waals surface area contributed by atoms with Crippen LogP contribution in [-0.2, 0) is 4.79 Å². The second-order valence-electron chi connectivity index (χ2n) is 7.09. The van der Waals surface area contributed by atoms with Gasteiger partial charge in [-0.3, -0.25) is 9.69 Å². The number of nitrogens with one attached hydrogen (secondary N) is 1. The van der Waals surface area contributed by atoms with Gasteiger partial charge in [0.1, 0.15) is 11.0 Å². The predicted octanol–water partition coefficient (Wildman–Crippen LogP) is 2.83. The Hall–Kier alpha value is -1.76. The molecule has 2 N–H and O–H groups in total. The molecule has 5 nitrogen and oxygen atoms in total. The molecule has 0 aliphatic heterocycles. The minimum atomic E-state index is -0.849. The fourth-order valence-corrected chi connectivity index (χ4v) is 3.33. The Bertz CT molecular complexity index is 651. The van der Waals surface area contributed by atoms with E-state index >= 15 is 0 Å².